The lowest BCUT2D eigenvalue weighted by molar-refractivity contribution is 0.0746. The van der Waals surface area contributed by atoms with Gasteiger partial charge in [0.1, 0.15) is 5.82 Å². The van der Waals surface area contributed by atoms with Gasteiger partial charge in [-0.25, -0.2) is 4.98 Å². The van der Waals surface area contributed by atoms with Crippen molar-refractivity contribution < 1.29 is 14.3 Å². The van der Waals surface area contributed by atoms with Gasteiger partial charge in [0.05, 0.1) is 0 Å². The fraction of sp³-hybridized carbons (Fsp3) is 0.273. The number of hydrogen-bond acceptors (Lipinski definition) is 8. The summed E-state index contributed by atoms with van der Waals surface area (Å²) >= 11 is 0. The maximum atomic E-state index is 12.9. The van der Waals surface area contributed by atoms with Crippen molar-refractivity contribution in [2.45, 2.75) is 6.92 Å². The lowest BCUT2D eigenvalue weighted by Crippen LogP contribution is -2.49. The molecule has 0 atom stereocenters. The molecular weight excluding hydrogens is 396 g/mol. The first-order chi connectivity index (χ1) is 15.2. The molecule has 5 rings (SSSR count). The molecule has 1 amide bonds. The largest absolute Gasteiger partial charge is 0.454 e. The van der Waals surface area contributed by atoms with Gasteiger partial charge in [-0.2, -0.15) is 0 Å². The number of ether oxygens (including phenoxy) is 2. The molecule has 1 aromatic carbocycles. The number of nitrogens with zero attached hydrogens (tertiary/aromatic N) is 5. The van der Waals surface area contributed by atoms with Crippen molar-refractivity contribution in [2.75, 3.05) is 43.2 Å². The summed E-state index contributed by atoms with van der Waals surface area (Å²) in [7, 11) is 0. The summed E-state index contributed by atoms with van der Waals surface area (Å²) in [6.45, 7) is 4.75. The van der Waals surface area contributed by atoms with Crippen LogP contribution in [0.3, 0.4) is 0 Å². The van der Waals surface area contributed by atoms with Crippen LogP contribution in [0.5, 0.6) is 11.5 Å². The first-order valence-electron chi connectivity index (χ1n) is 10.1. The van der Waals surface area contributed by atoms with Crippen LogP contribution in [-0.2, 0) is 0 Å². The summed E-state index contributed by atoms with van der Waals surface area (Å²) in [4.78, 5) is 21.2. The highest BCUT2D eigenvalue weighted by Gasteiger charge is 2.24. The maximum absolute atomic E-state index is 12.9. The molecule has 2 aliphatic rings. The van der Waals surface area contributed by atoms with Crippen LogP contribution in [0.1, 0.15) is 16.1 Å². The molecule has 3 aromatic rings. The van der Waals surface area contributed by atoms with E-state index in [-0.39, 0.29) is 12.7 Å². The number of fused-ring (bicyclic) bond motifs is 1. The lowest BCUT2D eigenvalue weighted by Gasteiger charge is -2.35. The smallest absolute Gasteiger partial charge is 0.254 e. The summed E-state index contributed by atoms with van der Waals surface area (Å²) in [5.41, 5.74) is 1.54. The van der Waals surface area contributed by atoms with Gasteiger partial charge in [0.15, 0.2) is 23.1 Å². The van der Waals surface area contributed by atoms with Crippen molar-refractivity contribution in [1.29, 1.82) is 0 Å². The number of rotatable bonds is 4. The molecule has 1 N–H and O–H groups in total. The number of hydrogen-bond donors (Lipinski definition) is 1. The lowest BCUT2D eigenvalue weighted by atomic mass is 10.1. The summed E-state index contributed by atoms with van der Waals surface area (Å²) in [6.07, 6.45) is 0. The van der Waals surface area contributed by atoms with E-state index < -0.39 is 0 Å². The van der Waals surface area contributed by atoms with E-state index in [2.05, 4.69) is 25.4 Å². The molecule has 158 valence electrons. The van der Waals surface area contributed by atoms with Crippen LogP contribution < -0.4 is 19.7 Å². The second-order valence-electron chi connectivity index (χ2n) is 7.41. The van der Waals surface area contributed by atoms with Crippen molar-refractivity contribution in [3.8, 4) is 11.5 Å². The molecule has 1 fully saturated rings. The van der Waals surface area contributed by atoms with Gasteiger partial charge in [-0.05, 0) is 49.4 Å². The third kappa shape index (κ3) is 4.07. The minimum absolute atomic E-state index is 0.00534. The average molecular weight is 418 g/mol. The van der Waals surface area contributed by atoms with Crippen LogP contribution in [0.2, 0.25) is 0 Å². The number of pyridine rings is 1. The fourth-order valence-corrected chi connectivity index (χ4v) is 3.66. The van der Waals surface area contributed by atoms with Crippen molar-refractivity contribution in [1.82, 2.24) is 20.1 Å². The molecule has 31 heavy (non-hydrogen) atoms. The third-order valence-electron chi connectivity index (χ3n) is 5.31. The highest BCUT2D eigenvalue weighted by molar-refractivity contribution is 5.95. The topological polar surface area (TPSA) is 92.7 Å². The molecule has 0 unspecified atom stereocenters. The first kappa shape index (κ1) is 19.1. The second-order valence-corrected chi connectivity index (χ2v) is 7.41. The number of benzene rings is 1. The Balaban J connectivity index is 1.19. The molecule has 0 spiro atoms. The van der Waals surface area contributed by atoms with Gasteiger partial charge in [0.2, 0.25) is 6.79 Å². The number of piperazine rings is 1. The zero-order valence-electron chi connectivity index (χ0n) is 17.1. The number of carbonyl (C=O) groups is 1. The van der Waals surface area contributed by atoms with E-state index >= 15 is 0 Å². The highest BCUT2D eigenvalue weighted by Crippen LogP contribution is 2.33. The molecule has 0 radical (unpaired) electrons. The number of carbonyl (C=O) groups excluding carboxylic acids is 1. The van der Waals surface area contributed by atoms with Gasteiger partial charge < -0.3 is 24.6 Å². The Bertz CT molecular complexity index is 1100. The molecule has 9 nitrogen and oxygen atoms in total. The Morgan fingerprint density at radius 1 is 0.935 bits per heavy atom. The van der Waals surface area contributed by atoms with Gasteiger partial charge in [0.25, 0.3) is 5.91 Å². The molecular formula is C22H22N6O3. The molecule has 9 heteroatoms. The Labute approximate surface area is 179 Å². The SMILES string of the molecule is Cc1cccc(Nc2ccc(N3CCN(C(=O)c4ccc5c(c4)OCO5)CC3)nn2)n1. The van der Waals surface area contributed by atoms with Crippen LogP contribution in [-0.4, -0.2) is 59.0 Å². The molecule has 4 heterocycles. The van der Waals surface area contributed by atoms with Crippen molar-refractivity contribution in [3.63, 3.8) is 0 Å². The van der Waals surface area contributed by atoms with Gasteiger partial charge in [-0.3, -0.25) is 4.79 Å². The number of anilines is 3. The molecule has 2 aromatic heterocycles. The van der Waals surface area contributed by atoms with Crippen molar-refractivity contribution in [3.05, 3.63) is 59.8 Å². The van der Waals surface area contributed by atoms with Crippen LogP contribution in [0, 0.1) is 6.92 Å². The van der Waals surface area contributed by atoms with Crippen LogP contribution >= 0.6 is 0 Å². The molecule has 0 saturated carbocycles. The standard InChI is InChI=1S/C22H22N6O3/c1-15-3-2-4-19(23-15)24-20-7-8-21(26-25-20)27-9-11-28(12-10-27)22(29)16-5-6-17-18(13-16)31-14-30-17/h2-8,13H,9-12,14H2,1H3,(H,23,24,25). The summed E-state index contributed by atoms with van der Waals surface area (Å²) < 4.78 is 10.7. The Kier molecular flexibility index (Phi) is 4.99. The first-order valence-corrected chi connectivity index (χ1v) is 10.1. The Morgan fingerprint density at radius 3 is 2.55 bits per heavy atom. The predicted octanol–water partition coefficient (Wildman–Crippen LogP) is 2.61. The number of aryl methyl sites for hydroxylation is 1. The van der Waals surface area contributed by atoms with Crippen molar-refractivity contribution >= 4 is 23.4 Å². The minimum atomic E-state index is -0.00534. The van der Waals surface area contributed by atoms with Gasteiger partial charge in [0, 0.05) is 37.4 Å². The van der Waals surface area contributed by atoms with E-state index in [0.29, 0.717) is 49.1 Å². The fourth-order valence-electron chi connectivity index (χ4n) is 3.66. The van der Waals surface area contributed by atoms with Gasteiger partial charge >= 0.3 is 0 Å². The zero-order chi connectivity index (χ0) is 21.2. The highest BCUT2D eigenvalue weighted by atomic mass is 16.7. The second kappa shape index (κ2) is 8.10. The molecule has 1 saturated heterocycles. The Morgan fingerprint density at radius 2 is 1.77 bits per heavy atom. The molecule has 0 bridgehead atoms. The minimum Gasteiger partial charge on any atom is -0.454 e. The Hall–Kier alpha value is -3.88. The van der Waals surface area contributed by atoms with Crippen LogP contribution in [0.4, 0.5) is 17.5 Å². The third-order valence-corrected chi connectivity index (χ3v) is 5.31. The summed E-state index contributed by atoms with van der Waals surface area (Å²) in [5.74, 6) is 3.45. The normalized spacial score (nSPS) is 15.1. The van der Waals surface area contributed by atoms with E-state index in [1.807, 2.05) is 42.2 Å². The number of amides is 1. The van der Waals surface area contributed by atoms with Crippen LogP contribution in [0.15, 0.2) is 48.5 Å². The maximum Gasteiger partial charge on any atom is 0.254 e. The monoisotopic (exact) mass is 418 g/mol. The van der Waals surface area contributed by atoms with Crippen LogP contribution in [0.25, 0.3) is 0 Å². The van der Waals surface area contributed by atoms with E-state index in [1.54, 1.807) is 18.2 Å². The molecule has 2 aliphatic heterocycles. The predicted molar refractivity (Wildman–Crippen MR) is 115 cm³/mol. The van der Waals surface area contributed by atoms with E-state index in [4.69, 9.17) is 9.47 Å². The quantitative estimate of drug-likeness (QED) is 0.691. The van der Waals surface area contributed by atoms with E-state index in [1.165, 1.54) is 0 Å². The van der Waals surface area contributed by atoms with Crippen molar-refractivity contribution in [2.24, 2.45) is 0 Å². The van der Waals surface area contributed by atoms with Gasteiger partial charge in [-0.1, -0.05) is 6.07 Å². The number of nitrogens with one attached hydrogen (secondary N) is 1. The van der Waals surface area contributed by atoms with E-state index in [0.717, 1.165) is 17.3 Å². The summed E-state index contributed by atoms with van der Waals surface area (Å²) in [5, 5.41) is 11.8. The zero-order valence-corrected chi connectivity index (χ0v) is 17.1. The van der Waals surface area contributed by atoms with Gasteiger partial charge in [-0.15, -0.1) is 10.2 Å². The average Bonchev–Trinajstić information content (AvgIpc) is 3.27. The number of aromatic nitrogens is 3. The summed E-state index contributed by atoms with van der Waals surface area (Å²) in [6, 6.07) is 14.9. The van der Waals surface area contributed by atoms with E-state index in [9.17, 15) is 4.79 Å². The molecule has 0 aliphatic carbocycles.